The van der Waals surface area contributed by atoms with Gasteiger partial charge in [-0.25, -0.2) is 9.97 Å². The number of amides is 1. The molecule has 5 nitrogen and oxygen atoms in total. The molecular weight excluding hydrogens is 348 g/mol. The summed E-state index contributed by atoms with van der Waals surface area (Å²) in [5.74, 6) is 0.193. The monoisotopic (exact) mass is 366 g/mol. The van der Waals surface area contributed by atoms with Gasteiger partial charge in [0.1, 0.15) is 0 Å². The predicted octanol–water partition coefficient (Wildman–Crippen LogP) is 4.61. The molecule has 2 aromatic carbocycles. The van der Waals surface area contributed by atoms with Gasteiger partial charge in [0, 0.05) is 29.6 Å². The van der Waals surface area contributed by atoms with Crippen LogP contribution < -0.4 is 10.6 Å². The molecule has 0 aliphatic heterocycles. The van der Waals surface area contributed by atoms with E-state index in [1.807, 2.05) is 25.1 Å². The van der Waals surface area contributed by atoms with Crippen LogP contribution >= 0.6 is 11.6 Å². The number of aromatic nitrogens is 2. The number of hydrogen-bond acceptors (Lipinski definition) is 4. The summed E-state index contributed by atoms with van der Waals surface area (Å²) in [6.45, 7) is 4.59. The first kappa shape index (κ1) is 17.9. The number of rotatable bonds is 5. The molecule has 132 valence electrons. The molecule has 0 saturated carbocycles. The SMILES string of the molecule is Cc1ccc(NC(=O)c2cnc(NCc3ccccc3C)nc2)cc1Cl. The van der Waals surface area contributed by atoms with Gasteiger partial charge in [0.15, 0.2) is 0 Å². The zero-order valence-electron chi connectivity index (χ0n) is 14.6. The summed E-state index contributed by atoms with van der Waals surface area (Å²) >= 11 is 6.08. The maximum absolute atomic E-state index is 12.3. The van der Waals surface area contributed by atoms with Crippen molar-refractivity contribution in [3.05, 3.63) is 82.1 Å². The second kappa shape index (κ2) is 7.97. The van der Waals surface area contributed by atoms with Crippen LogP contribution in [0.3, 0.4) is 0 Å². The maximum atomic E-state index is 12.3. The molecular formula is C20H19ClN4O. The molecule has 0 aliphatic carbocycles. The van der Waals surface area contributed by atoms with Crippen LogP contribution in [0.2, 0.25) is 5.02 Å². The summed E-state index contributed by atoms with van der Waals surface area (Å²) in [7, 11) is 0. The maximum Gasteiger partial charge on any atom is 0.258 e. The van der Waals surface area contributed by atoms with E-state index in [1.54, 1.807) is 12.1 Å². The van der Waals surface area contributed by atoms with Gasteiger partial charge in [0.2, 0.25) is 5.95 Å². The number of benzene rings is 2. The second-order valence-electron chi connectivity index (χ2n) is 5.99. The summed E-state index contributed by atoms with van der Waals surface area (Å²) in [6.07, 6.45) is 3.00. The van der Waals surface area contributed by atoms with Crippen molar-refractivity contribution >= 4 is 29.1 Å². The summed E-state index contributed by atoms with van der Waals surface area (Å²) in [6, 6.07) is 13.5. The Morgan fingerprint density at radius 3 is 2.46 bits per heavy atom. The Morgan fingerprint density at radius 2 is 1.77 bits per heavy atom. The molecule has 0 unspecified atom stereocenters. The average Bonchev–Trinajstić information content (AvgIpc) is 2.64. The molecule has 1 heterocycles. The van der Waals surface area contributed by atoms with Crippen molar-refractivity contribution in [1.29, 1.82) is 0 Å². The molecule has 0 saturated heterocycles. The fraction of sp³-hybridized carbons (Fsp3) is 0.150. The van der Waals surface area contributed by atoms with Crippen LogP contribution in [0, 0.1) is 13.8 Å². The van der Waals surface area contributed by atoms with Gasteiger partial charge in [-0.3, -0.25) is 4.79 Å². The van der Waals surface area contributed by atoms with Gasteiger partial charge in [-0.1, -0.05) is 41.9 Å². The van der Waals surface area contributed by atoms with E-state index in [4.69, 9.17) is 11.6 Å². The van der Waals surface area contributed by atoms with Gasteiger partial charge in [0.05, 0.1) is 5.56 Å². The highest BCUT2D eigenvalue weighted by Crippen LogP contribution is 2.20. The lowest BCUT2D eigenvalue weighted by molar-refractivity contribution is 0.102. The van der Waals surface area contributed by atoms with E-state index < -0.39 is 0 Å². The van der Waals surface area contributed by atoms with Gasteiger partial charge in [-0.2, -0.15) is 0 Å². The number of halogens is 1. The molecule has 3 aromatic rings. The smallest absolute Gasteiger partial charge is 0.258 e. The minimum atomic E-state index is -0.282. The third kappa shape index (κ3) is 4.37. The predicted molar refractivity (Wildman–Crippen MR) is 105 cm³/mol. The Morgan fingerprint density at radius 1 is 1.04 bits per heavy atom. The lowest BCUT2D eigenvalue weighted by Gasteiger charge is -2.09. The van der Waals surface area contributed by atoms with Crippen LogP contribution in [0.25, 0.3) is 0 Å². The second-order valence-corrected chi connectivity index (χ2v) is 6.40. The number of carbonyl (C=O) groups is 1. The Bertz CT molecular complexity index is 925. The van der Waals surface area contributed by atoms with Crippen LogP contribution in [0.5, 0.6) is 0 Å². The molecule has 0 atom stereocenters. The standard InChI is InChI=1S/C20H19ClN4O/c1-13-5-3-4-6-15(13)10-22-20-23-11-16(12-24-20)19(26)25-17-8-7-14(2)18(21)9-17/h3-9,11-12H,10H2,1-2H3,(H,25,26)(H,22,23,24). The Kier molecular flexibility index (Phi) is 5.49. The fourth-order valence-corrected chi connectivity index (χ4v) is 2.57. The number of nitrogens with zero attached hydrogens (tertiary/aromatic N) is 2. The molecule has 26 heavy (non-hydrogen) atoms. The molecule has 3 rings (SSSR count). The number of hydrogen-bond donors (Lipinski definition) is 2. The fourth-order valence-electron chi connectivity index (χ4n) is 2.39. The van der Waals surface area contributed by atoms with Crippen molar-refractivity contribution < 1.29 is 4.79 Å². The third-order valence-electron chi connectivity index (χ3n) is 4.04. The summed E-state index contributed by atoms with van der Waals surface area (Å²) in [4.78, 5) is 20.7. The van der Waals surface area contributed by atoms with Gasteiger partial charge in [-0.05, 0) is 42.7 Å². The summed E-state index contributed by atoms with van der Waals surface area (Å²) in [5, 5.41) is 6.55. The van der Waals surface area contributed by atoms with Crippen molar-refractivity contribution in [3.8, 4) is 0 Å². The highest BCUT2D eigenvalue weighted by Gasteiger charge is 2.09. The Hall–Kier alpha value is -2.92. The van der Waals surface area contributed by atoms with Crippen LogP contribution in [-0.4, -0.2) is 15.9 Å². The van der Waals surface area contributed by atoms with Crippen molar-refractivity contribution in [2.24, 2.45) is 0 Å². The van der Waals surface area contributed by atoms with E-state index in [0.717, 1.165) is 5.56 Å². The molecule has 1 aromatic heterocycles. The van der Waals surface area contributed by atoms with Crippen LogP contribution in [0.4, 0.5) is 11.6 Å². The molecule has 0 bridgehead atoms. The first-order chi connectivity index (χ1) is 12.5. The first-order valence-corrected chi connectivity index (χ1v) is 8.58. The number of carbonyl (C=O) groups excluding carboxylic acids is 1. The number of anilines is 2. The summed E-state index contributed by atoms with van der Waals surface area (Å²) < 4.78 is 0. The normalized spacial score (nSPS) is 10.4. The van der Waals surface area contributed by atoms with E-state index in [2.05, 4.69) is 39.7 Å². The van der Waals surface area contributed by atoms with Gasteiger partial charge >= 0.3 is 0 Å². The van der Waals surface area contributed by atoms with Crippen molar-refractivity contribution in [1.82, 2.24) is 9.97 Å². The van der Waals surface area contributed by atoms with Gasteiger partial charge in [0.25, 0.3) is 5.91 Å². The van der Waals surface area contributed by atoms with Gasteiger partial charge in [-0.15, -0.1) is 0 Å². The number of aryl methyl sites for hydroxylation is 2. The quantitative estimate of drug-likeness (QED) is 0.691. The van der Waals surface area contributed by atoms with Crippen molar-refractivity contribution in [3.63, 3.8) is 0 Å². The molecule has 0 radical (unpaired) electrons. The molecule has 0 spiro atoms. The molecule has 0 aliphatic rings. The lowest BCUT2D eigenvalue weighted by atomic mass is 10.1. The van der Waals surface area contributed by atoms with E-state index >= 15 is 0 Å². The van der Waals surface area contributed by atoms with E-state index in [1.165, 1.54) is 23.5 Å². The van der Waals surface area contributed by atoms with Crippen LogP contribution in [-0.2, 0) is 6.54 Å². The van der Waals surface area contributed by atoms with Crippen LogP contribution in [0.15, 0.2) is 54.9 Å². The average molecular weight is 367 g/mol. The molecule has 6 heteroatoms. The molecule has 2 N–H and O–H groups in total. The van der Waals surface area contributed by atoms with Crippen molar-refractivity contribution in [2.45, 2.75) is 20.4 Å². The topological polar surface area (TPSA) is 66.9 Å². The minimum absolute atomic E-state index is 0.282. The highest BCUT2D eigenvalue weighted by atomic mass is 35.5. The van der Waals surface area contributed by atoms with E-state index in [0.29, 0.717) is 28.8 Å². The zero-order chi connectivity index (χ0) is 18.5. The lowest BCUT2D eigenvalue weighted by Crippen LogP contribution is -2.13. The summed E-state index contributed by atoms with van der Waals surface area (Å²) in [5.41, 5.74) is 4.34. The first-order valence-electron chi connectivity index (χ1n) is 8.21. The molecule has 0 fully saturated rings. The van der Waals surface area contributed by atoms with Crippen molar-refractivity contribution in [2.75, 3.05) is 10.6 Å². The minimum Gasteiger partial charge on any atom is -0.350 e. The van der Waals surface area contributed by atoms with E-state index in [-0.39, 0.29) is 5.91 Å². The number of nitrogens with one attached hydrogen (secondary N) is 2. The Labute approximate surface area is 157 Å². The Balaban J connectivity index is 1.62. The van der Waals surface area contributed by atoms with Gasteiger partial charge < -0.3 is 10.6 Å². The third-order valence-corrected chi connectivity index (χ3v) is 4.45. The highest BCUT2D eigenvalue weighted by molar-refractivity contribution is 6.31. The molecule has 1 amide bonds. The van der Waals surface area contributed by atoms with Crippen LogP contribution in [0.1, 0.15) is 27.0 Å². The largest absolute Gasteiger partial charge is 0.350 e. The zero-order valence-corrected chi connectivity index (χ0v) is 15.3. The van der Waals surface area contributed by atoms with E-state index in [9.17, 15) is 4.79 Å².